The number of rotatable bonds is 4. The number of imide groups is 1. The summed E-state index contributed by atoms with van der Waals surface area (Å²) in [6.07, 6.45) is 2.63. The van der Waals surface area contributed by atoms with E-state index in [0.717, 1.165) is 37.2 Å². The molecule has 0 radical (unpaired) electrons. The smallest absolute Gasteiger partial charge is 0.321 e. The predicted molar refractivity (Wildman–Crippen MR) is 112 cm³/mol. The number of aromatic hydroxyl groups is 1. The second kappa shape index (κ2) is 7.83. The zero-order chi connectivity index (χ0) is 21.5. The summed E-state index contributed by atoms with van der Waals surface area (Å²) in [6, 6.07) is 4.63. The Morgan fingerprint density at radius 3 is 2.83 bits per heavy atom. The molecule has 8 nitrogen and oxygen atoms in total. The second-order valence-electron chi connectivity index (χ2n) is 9.24. The maximum atomic E-state index is 12.7. The highest BCUT2D eigenvalue weighted by molar-refractivity contribution is 5.95. The number of urea groups is 1. The van der Waals surface area contributed by atoms with Crippen LogP contribution < -0.4 is 10.6 Å². The topological polar surface area (TPSA) is 105 Å². The molecule has 0 unspecified atom stereocenters. The molecule has 3 aliphatic rings. The number of amides is 3. The fourth-order valence-corrected chi connectivity index (χ4v) is 5.85. The number of aliphatic hydroxyl groups is 1. The van der Waals surface area contributed by atoms with Gasteiger partial charge in [0.05, 0.1) is 5.60 Å². The van der Waals surface area contributed by atoms with Crippen molar-refractivity contribution in [2.75, 3.05) is 40.3 Å². The summed E-state index contributed by atoms with van der Waals surface area (Å²) in [4.78, 5) is 29.2. The molecular formula is C22H32N4O4. The summed E-state index contributed by atoms with van der Waals surface area (Å²) in [6.45, 7) is 2.89. The number of phenols is 1. The summed E-state index contributed by atoms with van der Waals surface area (Å²) in [5.41, 5.74) is -0.109. The summed E-state index contributed by atoms with van der Waals surface area (Å²) in [5.74, 6) is -0.268. The number of carbonyl (C=O) groups excluding carboxylic acids is 2. The quantitative estimate of drug-likeness (QED) is 0.572. The Morgan fingerprint density at radius 1 is 1.27 bits per heavy atom. The first-order valence-corrected chi connectivity index (χ1v) is 10.8. The highest BCUT2D eigenvalue weighted by Gasteiger charge is 2.63. The van der Waals surface area contributed by atoms with Crippen LogP contribution in [0, 0.1) is 0 Å². The van der Waals surface area contributed by atoms with Gasteiger partial charge < -0.3 is 20.4 Å². The van der Waals surface area contributed by atoms with Crippen LogP contribution in [0.5, 0.6) is 5.75 Å². The van der Waals surface area contributed by atoms with Crippen LogP contribution in [0.2, 0.25) is 0 Å². The van der Waals surface area contributed by atoms with Gasteiger partial charge in [0.2, 0.25) is 5.91 Å². The van der Waals surface area contributed by atoms with E-state index >= 15 is 0 Å². The molecule has 2 bridgehead atoms. The molecule has 2 heterocycles. The normalized spacial score (nSPS) is 31.7. The summed E-state index contributed by atoms with van der Waals surface area (Å²) in [7, 11) is 4.11. The number of nitrogens with one attached hydrogen (secondary N) is 2. The molecule has 2 aliphatic heterocycles. The molecule has 2 saturated heterocycles. The monoisotopic (exact) mass is 416 g/mol. The number of nitrogens with zero attached hydrogens (tertiary/aromatic N) is 2. The van der Waals surface area contributed by atoms with Gasteiger partial charge in [-0.05, 0) is 82.7 Å². The number of phenolic OH excluding ortho intramolecular Hbond substituents is 1. The third-order valence-electron chi connectivity index (χ3n) is 7.23. The van der Waals surface area contributed by atoms with Crippen LogP contribution in [-0.4, -0.2) is 83.9 Å². The van der Waals surface area contributed by atoms with Crippen LogP contribution in [0.15, 0.2) is 18.2 Å². The van der Waals surface area contributed by atoms with E-state index in [1.165, 1.54) is 0 Å². The SMILES string of the molecule is CN(C)CCCN1CC[C@]23CC(=O)NC(=O)NCC[C@@]2(O)[C@H]1Cc1ccc(O)cc13. The molecule has 1 aliphatic carbocycles. The number of hydrogen-bond acceptors (Lipinski definition) is 6. The molecule has 8 heteroatoms. The van der Waals surface area contributed by atoms with Gasteiger partial charge >= 0.3 is 6.03 Å². The minimum absolute atomic E-state index is 0.0232. The Kier molecular flexibility index (Phi) is 5.50. The van der Waals surface area contributed by atoms with Gasteiger partial charge in [0.15, 0.2) is 0 Å². The van der Waals surface area contributed by atoms with Crippen LogP contribution in [0.25, 0.3) is 0 Å². The second-order valence-corrected chi connectivity index (χ2v) is 9.24. The van der Waals surface area contributed by atoms with Gasteiger partial charge in [-0.3, -0.25) is 15.0 Å². The Hall–Kier alpha value is -2.16. The van der Waals surface area contributed by atoms with Crippen LogP contribution >= 0.6 is 0 Å². The zero-order valence-electron chi connectivity index (χ0n) is 17.8. The Labute approximate surface area is 177 Å². The van der Waals surface area contributed by atoms with Gasteiger partial charge in [0, 0.05) is 24.4 Å². The van der Waals surface area contributed by atoms with Crippen molar-refractivity contribution in [3.05, 3.63) is 29.3 Å². The maximum Gasteiger partial charge on any atom is 0.321 e. The van der Waals surface area contributed by atoms with Gasteiger partial charge in [-0.1, -0.05) is 6.07 Å². The van der Waals surface area contributed by atoms with Gasteiger partial charge in [-0.25, -0.2) is 4.79 Å². The van der Waals surface area contributed by atoms with Crippen molar-refractivity contribution in [1.82, 2.24) is 20.4 Å². The van der Waals surface area contributed by atoms with Crippen LogP contribution in [0.1, 0.15) is 36.8 Å². The molecule has 3 amide bonds. The average Bonchev–Trinajstić information content (AvgIpc) is 2.70. The molecule has 164 valence electrons. The lowest BCUT2D eigenvalue weighted by Crippen LogP contribution is -2.72. The minimum Gasteiger partial charge on any atom is -0.508 e. The van der Waals surface area contributed by atoms with Gasteiger partial charge in [0.1, 0.15) is 5.75 Å². The molecule has 4 rings (SSSR count). The molecule has 0 saturated carbocycles. The van der Waals surface area contributed by atoms with Gasteiger partial charge in [0.25, 0.3) is 0 Å². The first-order valence-electron chi connectivity index (χ1n) is 10.8. The van der Waals surface area contributed by atoms with Crippen molar-refractivity contribution in [1.29, 1.82) is 0 Å². The number of carbonyl (C=O) groups is 2. The maximum absolute atomic E-state index is 12.7. The van der Waals surface area contributed by atoms with Gasteiger partial charge in [-0.15, -0.1) is 0 Å². The first-order chi connectivity index (χ1) is 14.2. The van der Waals surface area contributed by atoms with Crippen LogP contribution in [0.3, 0.4) is 0 Å². The summed E-state index contributed by atoms with van der Waals surface area (Å²) >= 11 is 0. The van der Waals surface area contributed by atoms with Gasteiger partial charge in [-0.2, -0.15) is 0 Å². The molecule has 2 fully saturated rings. The minimum atomic E-state index is -1.18. The molecule has 4 N–H and O–H groups in total. The predicted octanol–water partition coefficient (Wildman–Crippen LogP) is 0.563. The van der Waals surface area contributed by atoms with Crippen molar-refractivity contribution >= 4 is 11.9 Å². The van der Waals surface area contributed by atoms with E-state index in [0.29, 0.717) is 19.3 Å². The van der Waals surface area contributed by atoms with E-state index in [4.69, 9.17) is 0 Å². The number of likely N-dealkylation sites (tertiary alicyclic amines) is 1. The molecule has 0 spiro atoms. The molecule has 30 heavy (non-hydrogen) atoms. The molecule has 1 aromatic rings. The van der Waals surface area contributed by atoms with E-state index < -0.39 is 23.0 Å². The summed E-state index contributed by atoms with van der Waals surface area (Å²) < 4.78 is 0. The fourth-order valence-electron chi connectivity index (χ4n) is 5.85. The van der Waals surface area contributed by atoms with E-state index in [2.05, 4.69) is 34.5 Å². The Bertz CT molecular complexity index is 844. The van der Waals surface area contributed by atoms with Crippen LogP contribution in [-0.2, 0) is 16.6 Å². The van der Waals surface area contributed by atoms with Crippen molar-refractivity contribution < 1.29 is 19.8 Å². The van der Waals surface area contributed by atoms with Crippen molar-refractivity contribution in [2.24, 2.45) is 0 Å². The number of piperidine rings is 1. The standard InChI is InChI=1S/C22H32N4O4/c1-25(2)9-3-10-26-11-7-21-14-19(28)24-20(29)23-8-6-22(21,30)18(26)12-15-4-5-16(27)13-17(15)21/h4-5,13,18,27,30H,3,6-12,14H2,1-2H3,(H2,23,24,28,29)/t18-,21-,22-/m1/s1. The van der Waals surface area contributed by atoms with E-state index in [-0.39, 0.29) is 24.8 Å². The Morgan fingerprint density at radius 2 is 2.07 bits per heavy atom. The van der Waals surface area contributed by atoms with Crippen molar-refractivity contribution in [3.8, 4) is 5.75 Å². The van der Waals surface area contributed by atoms with Crippen molar-refractivity contribution in [2.45, 2.75) is 49.2 Å². The highest BCUT2D eigenvalue weighted by Crippen LogP contribution is 2.55. The lowest BCUT2D eigenvalue weighted by molar-refractivity contribution is -0.158. The fraction of sp³-hybridized carbons (Fsp3) is 0.636. The number of fused-ring (bicyclic) bond motifs is 1. The van der Waals surface area contributed by atoms with Crippen molar-refractivity contribution in [3.63, 3.8) is 0 Å². The molecule has 1 aromatic carbocycles. The third-order valence-corrected chi connectivity index (χ3v) is 7.23. The Balaban J connectivity index is 1.78. The number of hydrogen-bond donors (Lipinski definition) is 4. The van der Waals surface area contributed by atoms with E-state index in [1.807, 2.05) is 6.07 Å². The average molecular weight is 417 g/mol. The first kappa shape index (κ1) is 21.1. The highest BCUT2D eigenvalue weighted by atomic mass is 16.3. The van der Waals surface area contributed by atoms with Crippen LogP contribution in [0.4, 0.5) is 4.79 Å². The number of benzene rings is 1. The van der Waals surface area contributed by atoms with E-state index in [9.17, 15) is 19.8 Å². The zero-order valence-corrected chi connectivity index (χ0v) is 17.8. The van der Waals surface area contributed by atoms with E-state index in [1.54, 1.807) is 12.1 Å². The lowest BCUT2D eigenvalue weighted by Gasteiger charge is -2.61. The molecule has 0 aromatic heterocycles. The third kappa shape index (κ3) is 3.46. The molecule has 3 atom stereocenters. The lowest BCUT2D eigenvalue weighted by atomic mass is 9.52. The summed E-state index contributed by atoms with van der Waals surface area (Å²) in [5, 5.41) is 27.5. The largest absolute Gasteiger partial charge is 0.508 e. The molecular weight excluding hydrogens is 384 g/mol.